The molecular weight excluding hydrogens is 200 g/mol. The zero-order valence-corrected chi connectivity index (χ0v) is 9.60. The van der Waals surface area contributed by atoms with Crippen molar-refractivity contribution in [3.8, 4) is 0 Å². The molecule has 0 saturated carbocycles. The fourth-order valence-corrected chi connectivity index (χ4v) is 2.09. The SMILES string of the molecule is Cc1cccc(C)c1C(O)Cc1ccoc1. The van der Waals surface area contributed by atoms with E-state index in [4.69, 9.17) is 4.42 Å². The fraction of sp³-hybridized carbons (Fsp3) is 0.286. The summed E-state index contributed by atoms with van der Waals surface area (Å²) in [7, 11) is 0. The van der Waals surface area contributed by atoms with Gasteiger partial charge in [-0.1, -0.05) is 18.2 Å². The van der Waals surface area contributed by atoms with Gasteiger partial charge in [0.05, 0.1) is 18.6 Å². The van der Waals surface area contributed by atoms with Crippen molar-refractivity contribution in [2.24, 2.45) is 0 Å². The highest BCUT2D eigenvalue weighted by atomic mass is 16.3. The van der Waals surface area contributed by atoms with E-state index < -0.39 is 6.10 Å². The quantitative estimate of drug-likeness (QED) is 0.854. The monoisotopic (exact) mass is 216 g/mol. The van der Waals surface area contributed by atoms with Gasteiger partial charge in [0.25, 0.3) is 0 Å². The predicted octanol–water partition coefficient (Wildman–Crippen LogP) is 3.17. The Morgan fingerprint density at radius 2 is 1.88 bits per heavy atom. The maximum Gasteiger partial charge on any atom is 0.0935 e. The van der Waals surface area contributed by atoms with Crippen molar-refractivity contribution in [3.05, 3.63) is 59.0 Å². The molecule has 0 fully saturated rings. The van der Waals surface area contributed by atoms with Crippen LogP contribution in [0.2, 0.25) is 0 Å². The van der Waals surface area contributed by atoms with E-state index in [-0.39, 0.29) is 0 Å². The zero-order chi connectivity index (χ0) is 11.5. The van der Waals surface area contributed by atoms with Gasteiger partial charge in [-0.15, -0.1) is 0 Å². The first-order valence-corrected chi connectivity index (χ1v) is 5.43. The molecule has 0 amide bonds. The van der Waals surface area contributed by atoms with E-state index in [2.05, 4.69) is 0 Å². The molecule has 2 nitrogen and oxygen atoms in total. The van der Waals surface area contributed by atoms with Crippen LogP contribution >= 0.6 is 0 Å². The third kappa shape index (κ3) is 2.17. The molecule has 1 heterocycles. The molecule has 2 rings (SSSR count). The number of benzene rings is 1. The van der Waals surface area contributed by atoms with Gasteiger partial charge in [0, 0.05) is 6.42 Å². The molecule has 1 N–H and O–H groups in total. The second-order valence-electron chi connectivity index (χ2n) is 4.16. The summed E-state index contributed by atoms with van der Waals surface area (Å²) in [6.45, 7) is 4.06. The van der Waals surface area contributed by atoms with E-state index in [1.54, 1.807) is 12.5 Å². The van der Waals surface area contributed by atoms with Gasteiger partial charge in [-0.25, -0.2) is 0 Å². The van der Waals surface area contributed by atoms with Crippen LogP contribution in [0.1, 0.15) is 28.4 Å². The molecule has 16 heavy (non-hydrogen) atoms. The summed E-state index contributed by atoms with van der Waals surface area (Å²) < 4.78 is 5.00. The van der Waals surface area contributed by atoms with E-state index in [1.807, 2.05) is 38.1 Å². The van der Waals surface area contributed by atoms with Gasteiger partial charge in [-0.05, 0) is 42.2 Å². The average Bonchev–Trinajstić information content (AvgIpc) is 2.70. The summed E-state index contributed by atoms with van der Waals surface area (Å²) in [5.74, 6) is 0. The van der Waals surface area contributed by atoms with E-state index in [9.17, 15) is 5.11 Å². The van der Waals surface area contributed by atoms with Crippen molar-refractivity contribution in [3.63, 3.8) is 0 Å². The lowest BCUT2D eigenvalue weighted by Crippen LogP contribution is -2.05. The molecule has 84 valence electrons. The Kier molecular flexibility index (Phi) is 3.11. The lowest BCUT2D eigenvalue weighted by atomic mass is 9.95. The van der Waals surface area contributed by atoms with E-state index in [0.29, 0.717) is 6.42 Å². The Morgan fingerprint density at radius 1 is 1.19 bits per heavy atom. The topological polar surface area (TPSA) is 33.4 Å². The van der Waals surface area contributed by atoms with Crippen molar-refractivity contribution in [1.82, 2.24) is 0 Å². The van der Waals surface area contributed by atoms with Crippen LogP contribution in [0.5, 0.6) is 0 Å². The van der Waals surface area contributed by atoms with Crippen LogP contribution in [0.4, 0.5) is 0 Å². The smallest absolute Gasteiger partial charge is 0.0935 e. The number of rotatable bonds is 3. The molecule has 0 bridgehead atoms. The molecule has 1 aromatic heterocycles. The molecule has 2 heteroatoms. The lowest BCUT2D eigenvalue weighted by Gasteiger charge is -2.15. The highest BCUT2D eigenvalue weighted by Gasteiger charge is 2.13. The van der Waals surface area contributed by atoms with E-state index >= 15 is 0 Å². The third-order valence-electron chi connectivity index (χ3n) is 2.88. The number of hydrogen-bond donors (Lipinski definition) is 1. The van der Waals surface area contributed by atoms with Crippen molar-refractivity contribution >= 4 is 0 Å². The van der Waals surface area contributed by atoms with Gasteiger partial charge in [0.1, 0.15) is 0 Å². The number of furan rings is 1. The minimum absolute atomic E-state index is 0.459. The second kappa shape index (κ2) is 4.54. The van der Waals surface area contributed by atoms with Crippen molar-refractivity contribution in [2.45, 2.75) is 26.4 Å². The van der Waals surface area contributed by atoms with Crippen LogP contribution in [-0.4, -0.2) is 5.11 Å². The fourth-order valence-electron chi connectivity index (χ4n) is 2.09. The molecular formula is C14H16O2. The Labute approximate surface area is 95.5 Å². The predicted molar refractivity (Wildman–Crippen MR) is 63.3 cm³/mol. The first-order valence-electron chi connectivity index (χ1n) is 5.43. The highest BCUT2D eigenvalue weighted by molar-refractivity contribution is 5.36. The maximum atomic E-state index is 10.2. The van der Waals surface area contributed by atoms with E-state index in [1.165, 1.54) is 0 Å². The second-order valence-corrected chi connectivity index (χ2v) is 4.16. The normalized spacial score (nSPS) is 12.7. The van der Waals surface area contributed by atoms with Crippen LogP contribution in [0.3, 0.4) is 0 Å². The largest absolute Gasteiger partial charge is 0.472 e. The number of aliphatic hydroxyl groups is 1. The summed E-state index contributed by atoms with van der Waals surface area (Å²) in [5, 5.41) is 10.2. The molecule has 1 aromatic carbocycles. The number of hydrogen-bond acceptors (Lipinski definition) is 2. The minimum Gasteiger partial charge on any atom is -0.472 e. The average molecular weight is 216 g/mol. The van der Waals surface area contributed by atoms with Gasteiger partial charge >= 0.3 is 0 Å². The molecule has 0 aliphatic heterocycles. The van der Waals surface area contributed by atoms with Crippen LogP contribution in [0.25, 0.3) is 0 Å². The Hall–Kier alpha value is -1.54. The molecule has 1 atom stereocenters. The summed E-state index contributed by atoms with van der Waals surface area (Å²) in [6.07, 6.45) is 3.45. The molecule has 0 aliphatic carbocycles. The minimum atomic E-state index is -0.459. The zero-order valence-electron chi connectivity index (χ0n) is 9.60. The number of aliphatic hydroxyl groups excluding tert-OH is 1. The Morgan fingerprint density at radius 3 is 2.44 bits per heavy atom. The van der Waals surface area contributed by atoms with Crippen LogP contribution < -0.4 is 0 Å². The summed E-state index contributed by atoms with van der Waals surface area (Å²) in [4.78, 5) is 0. The molecule has 0 saturated heterocycles. The van der Waals surface area contributed by atoms with Crippen molar-refractivity contribution in [1.29, 1.82) is 0 Å². The summed E-state index contributed by atoms with van der Waals surface area (Å²) in [5.41, 5.74) is 4.32. The van der Waals surface area contributed by atoms with Crippen LogP contribution in [0, 0.1) is 13.8 Å². The van der Waals surface area contributed by atoms with Gasteiger partial charge in [-0.3, -0.25) is 0 Å². The Balaban J connectivity index is 2.24. The molecule has 0 radical (unpaired) electrons. The highest BCUT2D eigenvalue weighted by Crippen LogP contribution is 2.24. The van der Waals surface area contributed by atoms with Gasteiger partial charge in [-0.2, -0.15) is 0 Å². The number of aryl methyl sites for hydroxylation is 2. The summed E-state index contributed by atoms with van der Waals surface area (Å²) in [6, 6.07) is 7.96. The molecule has 0 spiro atoms. The Bertz CT molecular complexity index is 437. The van der Waals surface area contributed by atoms with Crippen molar-refractivity contribution < 1.29 is 9.52 Å². The van der Waals surface area contributed by atoms with Gasteiger partial charge < -0.3 is 9.52 Å². The van der Waals surface area contributed by atoms with Gasteiger partial charge in [0.15, 0.2) is 0 Å². The van der Waals surface area contributed by atoms with E-state index in [0.717, 1.165) is 22.3 Å². The first-order chi connectivity index (χ1) is 7.68. The molecule has 1 unspecified atom stereocenters. The standard InChI is InChI=1S/C14H16O2/c1-10-4-3-5-11(2)14(10)13(15)8-12-6-7-16-9-12/h3-7,9,13,15H,8H2,1-2H3. The van der Waals surface area contributed by atoms with Gasteiger partial charge in [0.2, 0.25) is 0 Å². The van der Waals surface area contributed by atoms with Crippen LogP contribution in [-0.2, 0) is 6.42 Å². The third-order valence-corrected chi connectivity index (χ3v) is 2.88. The van der Waals surface area contributed by atoms with Crippen LogP contribution in [0.15, 0.2) is 41.2 Å². The molecule has 2 aromatic rings. The van der Waals surface area contributed by atoms with Crippen molar-refractivity contribution in [2.75, 3.05) is 0 Å². The molecule has 0 aliphatic rings. The summed E-state index contributed by atoms with van der Waals surface area (Å²) >= 11 is 0. The first kappa shape index (κ1) is 11.0. The lowest BCUT2D eigenvalue weighted by molar-refractivity contribution is 0.176. The maximum absolute atomic E-state index is 10.2.